The van der Waals surface area contributed by atoms with Crippen LogP contribution in [0.2, 0.25) is 0 Å². The number of aliphatic hydroxyl groups excluding tert-OH is 4. The van der Waals surface area contributed by atoms with Crippen molar-refractivity contribution in [1.82, 2.24) is 0 Å². The monoisotopic (exact) mass is 207 g/mol. The topological polar surface area (TPSA) is 92.9 Å². The molecule has 2 saturated heterocycles. The molecule has 0 unspecified atom stereocenters. The SMILES string of the molecule is C[O+]1C[C@]12[C@@H](O)[C@H](O)O[C@H](CO)[C@@H]2O. The molecule has 0 saturated carbocycles. The van der Waals surface area contributed by atoms with Crippen molar-refractivity contribution in [3.8, 4) is 0 Å². The molecule has 0 aliphatic carbocycles. The van der Waals surface area contributed by atoms with Crippen molar-refractivity contribution in [2.24, 2.45) is 0 Å². The fraction of sp³-hybridized carbons (Fsp3) is 1.00. The first-order valence-corrected chi connectivity index (χ1v) is 4.47. The smallest absolute Gasteiger partial charge is 0.294 e. The minimum Gasteiger partial charge on any atom is -0.404 e. The van der Waals surface area contributed by atoms with Crippen LogP contribution in [0.1, 0.15) is 0 Å². The second kappa shape index (κ2) is 3.13. The predicted octanol–water partition coefficient (Wildman–Crippen LogP) is -2.65. The molecule has 0 amide bonds. The zero-order valence-corrected chi connectivity index (χ0v) is 7.83. The number of rotatable bonds is 1. The van der Waals surface area contributed by atoms with Crippen LogP contribution >= 0.6 is 0 Å². The van der Waals surface area contributed by atoms with Gasteiger partial charge in [0.2, 0.25) is 6.61 Å². The number of hydrogen-bond donors (Lipinski definition) is 4. The summed E-state index contributed by atoms with van der Waals surface area (Å²) in [7, 11) is 1.65. The lowest BCUT2D eigenvalue weighted by atomic mass is 9.89. The maximum atomic E-state index is 9.80. The van der Waals surface area contributed by atoms with E-state index in [1.54, 1.807) is 7.11 Å². The van der Waals surface area contributed by atoms with E-state index in [-0.39, 0.29) is 6.61 Å². The molecule has 2 aliphatic heterocycles. The average Bonchev–Trinajstić information content (AvgIpc) is 2.83. The van der Waals surface area contributed by atoms with Crippen molar-refractivity contribution in [2.75, 3.05) is 20.3 Å². The van der Waals surface area contributed by atoms with Crippen LogP contribution in [-0.4, -0.2) is 71.0 Å². The highest BCUT2D eigenvalue weighted by Crippen LogP contribution is 2.47. The summed E-state index contributed by atoms with van der Waals surface area (Å²) >= 11 is 0. The van der Waals surface area contributed by atoms with Crippen LogP contribution in [-0.2, 0) is 9.10 Å². The number of aliphatic hydroxyl groups is 4. The standard InChI is InChI=1S/C8H15O6/c1-14-3-8(14)5(10)4(2-9)13-7(12)6(8)11/h4-7,9-12H,2-3H2,1H3/q+1/t4-,5+,6+,7-,8+/m1/s1. The molecule has 2 fully saturated rings. The molecule has 0 radical (unpaired) electrons. The van der Waals surface area contributed by atoms with E-state index in [0.717, 1.165) is 0 Å². The van der Waals surface area contributed by atoms with Crippen LogP contribution in [0.25, 0.3) is 0 Å². The Morgan fingerprint density at radius 1 is 1.36 bits per heavy atom. The molecule has 6 nitrogen and oxygen atoms in total. The molecule has 6 heteroatoms. The Labute approximate surface area is 81.0 Å². The van der Waals surface area contributed by atoms with Crippen LogP contribution in [0.5, 0.6) is 0 Å². The van der Waals surface area contributed by atoms with E-state index in [1.807, 2.05) is 0 Å². The fourth-order valence-corrected chi connectivity index (χ4v) is 2.09. The molecule has 0 aromatic heterocycles. The van der Waals surface area contributed by atoms with E-state index in [0.29, 0.717) is 6.61 Å². The third-order valence-electron chi connectivity index (χ3n) is 3.12. The van der Waals surface area contributed by atoms with Crippen molar-refractivity contribution in [3.63, 3.8) is 0 Å². The van der Waals surface area contributed by atoms with Gasteiger partial charge in [0.05, 0.1) is 6.61 Å². The second-order valence-electron chi connectivity index (χ2n) is 3.87. The summed E-state index contributed by atoms with van der Waals surface area (Å²) in [6, 6.07) is 0. The number of hydrogen-bond acceptors (Lipinski definition) is 5. The normalized spacial score (nSPS) is 53.8. The second-order valence-corrected chi connectivity index (χ2v) is 3.87. The molecule has 0 aromatic carbocycles. The Morgan fingerprint density at radius 3 is 2.36 bits per heavy atom. The Kier molecular flexibility index (Phi) is 2.30. The van der Waals surface area contributed by atoms with Crippen LogP contribution in [0.3, 0.4) is 0 Å². The van der Waals surface area contributed by atoms with Crippen LogP contribution < -0.4 is 0 Å². The first-order valence-electron chi connectivity index (χ1n) is 4.47. The van der Waals surface area contributed by atoms with Crippen molar-refractivity contribution >= 4 is 0 Å². The van der Waals surface area contributed by atoms with Gasteiger partial charge in [-0.15, -0.1) is 0 Å². The summed E-state index contributed by atoms with van der Waals surface area (Å²) in [6.45, 7) is 0.0212. The third kappa shape index (κ3) is 1.13. The quantitative estimate of drug-likeness (QED) is 0.278. The highest BCUT2D eigenvalue weighted by Gasteiger charge is 2.76. The molecule has 14 heavy (non-hydrogen) atoms. The third-order valence-corrected chi connectivity index (χ3v) is 3.12. The van der Waals surface area contributed by atoms with Crippen molar-refractivity contribution in [2.45, 2.75) is 30.2 Å². The predicted molar refractivity (Wildman–Crippen MR) is 44.6 cm³/mol. The molecular formula is C8H15O6+. The molecule has 2 aliphatic rings. The average molecular weight is 207 g/mol. The molecule has 5 atom stereocenters. The zero-order chi connectivity index (χ0) is 10.5. The minimum absolute atomic E-state index is 0.388. The summed E-state index contributed by atoms with van der Waals surface area (Å²) in [5.74, 6) is 0. The molecule has 2 heterocycles. The van der Waals surface area contributed by atoms with Gasteiger partial charge in [0.1, 0.15) is 13.2 Å². The molecule has 4 N–H and O–H groups in total. The van der Waals surface area contributed by atoms with Gasteiger partial charge in [0.15, 0.2) is 18.5 Å². The van der Waals surface area contributed by atoms with Gasteiger partial charge >= 0.3 is 0 Å². The van der Waals surface area contributed by atoms with E-state index in [1.165, 1.54) is 0 Å². The fourth-order valence-electron chi connectivity index (χ4n) is 2.09. The van der Waals surface area contributed by atoms with Gasteiger partial charge in [-0.1, -0.05) is 0 Å². The molecule has 2 rings (SSSR count). The highest BCUT2D eigenvalue weighted by molar-refractivity contribution is 5.12. The van der Waals surface area contributed by atoms with Crippen LogP contribution in [0.4, 0.5) is 0 Å². The van der Waals surface area contributed by atoms with Crippen LogP contribution in [0.15, 0.2) is 0 Å². The first-order chi connectivity index (χ1) is 6.54. The van der Waals surface area contributed by atoms with Crippen molar-refractivity contribution < 1.29 is 29.5 Å². The highest BCUT2D eigenvalue weighted by atomic mass is 16.8. The van der Waals surface area contributed by atoms with E-state index in [2.05, 4.69) is 4.37 Å². The Morgan fingerprint density at radius 2 is 1.93 bits per heavy atom. The van der Waals surface area contributed by atoms with Gasteiger partial charge in [-0.25, -0.2) is 0 Å². The molecule has 0 aromatic rings. The van der Waals surface area contributed by atoms with Crippen molar-refractivity contribution in [1.29, 1.82) is 0 Å². The Balaban J connectivity index is 2.21. The lowest BCUT2D eigenvalue weighted by Crippen LogP contribution is -2.61. The summed E-state index contributed by atoms with van der Waals surface area (Å²) in [6.07, 6.45) is -4.41. The van der Waals surface area contributed by atoms with Crippen molar-refractivity contribution in [3.05, 3.63) is 0 Å². The summed E-state index contributed by atoms with van der Waals surface area (Å²) in [5, 5.41) is 37.7. The van der Waals surface area contributed by atoms with Gasteiger partial charge in [0.25, 0.3) is 5.60 Å². The molecule has 1 spiro atoms. The minimum atomic E-state index is -1.37. The molecule has 0 bridgehead atoms. The van der Waals surface area contributed by atoms with E-state index < -0.39 is 30.2 Å². The maximum Gasteiger partial charge on any atom is 0.294 e. The largest absolute Gasteiger partial charge is 0.404 e. The zero-order valence-electron chi connectivity index (χ0n) is 7.83. The summed E-state index contributed by atoms with van der Waals surface area (Å²) in [4.78, 5) is 0. The summed E-state index contributed by atoms with van der Waals surface area (Å²) < 4.78 is 7.37. The summed E-state index contributed by atoms with van der Waals surface area (Å²) in [5.41, 5.74) is -0.926. The lowest BCUT2D eigenvalue weighted by Gasteiger charge is -2.35. The lowest BCUT2D eigenvalue weighted by molar-refractivity contribution is -0.290. The van der Waals surface area contributed by atoms with Gasteiger partial charge in [-0.2, -0.15) is 0 Å². The Hall–Kier alpha value is -0.240. The van der Waals surface area contributed by atoms with Gasteiger partial charge in [-0.05, 0) is 0 Å². The maximum absolute atomic E-state index is 9.80. The first kappa shape index (κ1) is 10.3. The van der Waals surface area contributed by atoms with Crippen LogP contribution in [0, 0.1) is 0 Å². The van der Waals surface area contributed by atoms with E-state index >= 15 is 0 Å². The Bertz CT molecular complexity index is 234. The number of ether oxygens (including phenoxy) is 1. The van der Waals surface area contributed by atoms with Gasteiger partial charge in [0, 0.05) is 0 Å². The van der Waals surface area contributed by atoms with E-state index in [4.69, 9.17) is 9.84 Å². The number of epoxide rings is 1. The van der Waals surface area contributed by atoms with Gasteiger partial charge in [-0.3, -0.25) is 0 Å². The van der Waals surface area contributed by atoms with E-state index in [9.17, 15) is 15.3 Å². The molecule has 82 valence electrons. The van der Waals surface area contributed by atoms with Gasteiger partial charge < -0.3 is 29.5 Å². The molecular weight excluding hydrogens is 192 g/mol.